The molecule has 0 saturated heterocycles. The fraction of sp³-hybridized carbons (Fsp3) is 0.294. The minimum Gasteiger partial charge on any atom is -0.352 e. The van der Waals surface area contributed by atoms with Gasteiger partial charge in [0.1, 0.15) is 5.56 Å². The van der Waals surface area contributed by atoms with E-state index in [0.29, 0.717) is 12.1 Å². The predicted molar refractivity (Wildman–Crippen MR) is 84.4 cm³/mol. The number of hydrogen-bond donors (Lipinski definition) is 2. The summed E-state index contributed by atoms with van der Waals surface area (Å²) < 4.78 is 0. The fourth-order valence-electron chi connectivity index (χ4n) is 2.23. The molecule has 0 saturated carbocycles. The van der Waals surface area contributed by atoms with E-state index in [4.69, 9.17) is 0 Å². The summed E-state index contributed by atoms with van der Waals surface area (Å²) in [5, 5.41) is 2.83. The average Bonchev–Trinajstić information content (AvgIpc) is 2.52. The van der Waals surface area contributed by atoms with Gasteiger partial charge in [0.25, 0.3) is 11.5 Å². The van der Waals surface area contributed by atoms with Gasteiger partial charge in [0, 0.05) is 18.3 Å². The maximum absolute atomic E-state index is 12.3. The van der Waals surface area contributed by atoms with Gasteiger partial charge >= 0.3 is 0 Å². The minimum absolute atomic E-state index is 0.181. The second-order valence-electron chi connectivity index (χ2n) is 4.92. The lowest BCUT2D eigenvalue weighted by Crippen LogP contribution is -2.31. The van der Waals surface area contributed by atoms with Crippen molar-refractivity contribution in [2.24, 2.45) is 0 Å². The molecule has 21 heavy (non-hydrogen) atoms. The summed E-state index contributed by atoms with van der Waals surface area (Å²) in [5.74, 6) is -0.313. The first-order valence-electron chi connectivity index (χ1n) is 7.29. The van der Waals surface area contributed by atoms with Crippen LogP contribution in [0.3, 0.4) is 0 Å². The second-order valence-corrected chi connectivity index (χ2v) is 4.92. The number of H-pyrrole nitrogens is 1. The first-order chi connectivity index (χ1) is 10.2. The quantitative estimate of drug-likeness (QED) is 0.801. The van der Waals surface area contributed by atoms with E-state index in [-0.39, 0.29) is 17.0 Å². The van der Waals surface area contributed by atoms with E-state index in [1.165, 1.54) is 0 Å². The zero-order chi connectivity index (χ0) is 15.1. The number of amides is 1. The van der Waals surface area contributed by atoms with Gasteiger partial charge in [-0.1, -0.05) is 50.1 Å². The van der Waals surface area contributed by atoms with Crippen LogP contribution in [0.15, 0.2) is 47.4 Å². The minimum atomic E-state index is -0.357. The molecule has 1 heterocycles. The van der Waals surface area contributed by atoms with Crippen LogP contribution in [0.25, 0.3) is 11.1 Å². The van der Waals surface area contributed by atoms with E-state index in [2.05, 4.69) is 17.2 Å². The number of rotatable bonds is 6. The normalized spacial score (nSPS) is 10.3. The molecular weight excluding hydrogens is 264 g/mol. The fourth-order valence-corrected chi connectivity index (χ4v) is 2.23. The Morgan fingerprint density at radius 2 is 1.90 bits per heavy atom. The number of carbonyl (C=O) groups excluding carboxylic acids is 1. The lowest BCUT2D eigenvalue weighted by Gasteiger charge is -2.09. The zero-order valence-corrected chi connectivity index (χ0v) is 12.2. The summed E-state index contributed by atoms with van der Waals surface area (Å²) in [7, 11) is 0. The van der Waals surface area contributed by atoms with Gasteiger partial charge in [-0.15, -0.1) is 0 Å². The molecule has 1 amide bonds. The molecule has 2 aromatic rings. The maximum Gasteiger partial charge on any atom is 0.261 e. The molecule has 2 rings (SSSR count). The van der Waals surface area contributed by atoms with Crippen molar-refractivity contribution in [1.82, 2.24) is 10.3 Å². The van der Waals surface area contributed by atoms with Crippen molar-refractivity contribution in [1.29, 1.82) is 0 Å². The molecular formula is C17H20N2O2. The summed E-state index contributed by atoms with van der Waals surface area (Å²) >= 11 is 0. The van der Waals surface area contributed by atoms with Gasteiger partial charge in [-0.25, -0.2) is 0 Å². The van der Waals surface area contributed by atoms with Crippen molar-refractivity contribution in [3.63, 3.8) is 0 Å². The number of benzene rings is 1. The van der Waals surface area contributed by atoms with Gasteiger partial charge in [-0.05, 0) is 18.1 Å². The number of carbonyl (C=O) groups is 1. The summed E-state index contributed by atoms with van der Waals surface area (Å²) in [5.41, 5.74) is 1.35. The molecule has 0 aliphatic heterocycles. The first kappa shape index (κ1) is 15.0. The van der Waals surface area contributed by atoms with E-state index < -0.39 is 0 Å². The van der Waals surface area contributed by atoms with E-state index >= 15 is 0 Å². The highest BCUT2D eigenvalue weighted by Crippen LogP contribution is 2.20. The number of pyridine rings is 1. The average molecular weight is 284 g/mol. The molecule has 0 fully saturated rings. The van der Waals surface area contributed by atoms with Crippen LogP contribution in [-0.4, -0.2) is 17.4 Å². The number of unbranched alkanes of at least 4 members (excludes halogenated alkanes) is 2. The third-order valence-corrected chi connectivity index (χ3v) is 3.34. The molecule has 0 aliphatic carbocycles. The molecule has 4 heteroatoms. The maximum atomic E-state index is 12.3. The molecule has 1 aromatic heterocycles. The van der Waals surface area contributed by atoms with Gasteiger partial charge in [0.15, 0.2) is 0 Å². The molecule has 0 bridgehead atoms. The Labute approximate surface area is 124 Å². The van der Waals surface area contributed by atoms with Crippen LogP contribution in [0.5, 0.6) is 0 Å². The van der Waals surface area contributed by atoms with Crippen molar-refractivity contribution < 1.29 is 4.79 Å². The first-order valence-corrected chi connectivity index (χ1v) is 7.29. The van der Waals surface area contributed by atoms with Gasteiger partial charge in [-0.3, -0.25) is 9.59 Å². The molecule has 110 valence electrons. The highest BCUT2D eigenvalue weighted by Gasteiger charge is 2.16. The Morgan fingerprint density at radius 3 is 2.62 bits per heavy atom. The third-order valence-electron chi connectivity index (χ3n) is 3.34. The van der Waals surface area contributed by atoms with Crippen molar-refractivity contribution in [3.8, 4) is 11.1 Å². The number of hydrogen-bond acceptors (Lipinski definition) is 2. The van der Waals surface area contributed by atoms with Crippen LogP contribution < -0.4 is 10.9 Å². The number of aromatic nitrogens is 1. The smallest absolute Gasteiger partial charge is 0.261 e. The number of nitrogens with one attached hydrogen (secondary N) is 2. The lowest BCUT2D eigenvalue weighted by atomic mass is 10.0. The largest absolute Gasteiger partial charge is 0.352 e. The summed E-state index contributed by atoms with van der Waals surface area (Å²) in [4.78, 5) is 26.9. The van der Waals surface area contributed by atoms with Crippen LogP contribution in [-0.2, 0) is 0 Å². The third kappa shape index (κ3) is 3.81. The Kier molecular flexibility index (Phi) is 5.32. The van der Waals surface area contributed by atoms with E-state index in [1.807, 2.05) is 30.3 Å². The highest BCUT2D eigenvalue weighted by atomic mass is 16.2. The molecule has 0 atom stereocenters. The monoisotopic (exact) mass is 284 g/mol. The number of aromatic amines is 1. The van der Waals surface area contributed by atoms with E-state index in [1.54, 1.807) is 12.3 Å². The Bertz CT molecular complexity index is 647. The molecule has 4 nitrogen and oxygen atoms in total. The van der Waals surface area contributed by atoms with Crippen LogP contribution in [0.1, 0.15) is 36.5 Å². The molecule has 0 radical (unpaired) electrons. The van der Waals surface area contributed by atoms with Crippen molar-refractivity contribution in [3.05, 3.63) is 58.5 Å². The topological polar surface area (TPSA) is 62.0 Å². The Morgan fingerprint density at radius 1 is 1.14 bits per heavy atom. The zero-order valence-electron chi connectivity index (χ0n) is 12.2. The van der Waals surface area contributed by atoms with Crippen molar-refractivity contribution >= 4 is 5.91 Å². The Balaban J connectivity index is 2.26. The van der Waals surface area contributed by atoms with Crippen molar-refractivity contribution in [2.75, 3.05) is 6.54 Å². The highest BCUT2D eigenvalue weighted by molar-refractivity contribution is 6.00. The predicted octanol–water partition coefficient (Wildman–Crippen LogP) is 2.96. The van der Waals surface area contributed by atoms with Crippen molar-refractivity contribution in [2.45, 2.75) is 26.2 Å². The summed E-state index contributed by atoms with van der Waals surface area (Å²) in [6, 6.07) is 11.2. The van der Waals surface area contributed by atoms with Crippen LogP contribution in [0.4, 0.5) is 0 Å². The summed E-state index contributed by atoms with van der Waals surface area (Å²) in [6.07, 6.45) is 4.65. The van der Waals surface area contributed by atoms with E-state index in [9.17, 15) is 9.59 Å². The lowest BCUT2D eigenvalue weighted by molar-refractivity contribution is 0.0952. The molecule has 2 N–H and O–H groups in total. The van der Waals surface area contributed by atoms with Crippen LogP contribution in [0.2, 0.25) is 0 Å². The SMILES string of the molecule is CCCCCNC(=O)c1c(-c2ccccc2)cc[nH]c1=O. The molecule has 0 aliphatic rings. The van der Waals surface area contributed by atoms with Crippen LogP contribution >= 0.6 is 0 Å². The van der Waals surface area contributed by atoms with Gasteiger partial charge < -0.3 is 10.3 Å². The van der Waals surface area contributed by atoms with Crippen LogP contribution in [0, 0.1) is 0 Å². The Hall–Kier alpha value is -2.36. The standard InChI is InChI=1S/C17H20N2O2/c1-2-3-7-11-18-16(20)15-14(10-12-19-17(15)21)13-8-5-4-6-9-13/h4-6,8-10,12H,2-3,7,11H2,1H3,(H,18,20)(H,19,21). The van der Waals surface area contributed by atoms with Gasteiger partial charge in [-0.2, -0.15) is 0 Å². The summed E-state index contributed by atoms with van der Waals surface area (Å²) in [6.45, 7) is 2.70. The second kappa shape index (κ2) is 7.43. The molecule has 1 aromatic carbocycles. The van der Waals surface area contributed by atoms with E-state index in [0.717, 1.165) is 24.8 Å². The molecule has 0 spiro atoms. The van der Waals surface area contributed by atoms with Gasteiger partial charge in [0.05, 0.1) is 0 Å². The van der Waals surface area contributed by atoms with Gasteiger partial charge in [0.2, 0.25) is 0 Å². The molecule has 0 unspecified atom stereocenters.